The highest BCUT2D eigenvalue weighted by Gasteiger charge is 1.97. The molecule has 0 atom stereocenters. The summed E-state index contributed by atoms with van der Waals surface area (Å²) in [7, 11) is 0. The van der Waals surface area contributed by atoms with Gasteiger partial charge in [-0.3, -0.25) is 0 Å². The summed E-state index contributed by atoms with van der Waals surface area (Å²) in [4.78, 5) is 0. The molecule has 6 heteroatoms. The Morgan fingerprint density at radius 1 is 1.39 bits per heavy atom. The number of benzene rings is 1. The lowest BCUT2D eigenvalue weighted by Gasteiger charge is -1.97. The molecule has 1 aromatic carbocycles. The zero-order valence-electron chi connectivity index (χ0n) is 10.1. The summed E-state index contributed by atoms with van der Waals surface area (Å²) in [5.74, 6) is 0.966. The van der Waals surface area contributed by atoms with Crippen LogP contribution in [0.1, 0.15) is 25.3 Å². The lowest BCUT2D eigenvalue weighted by Crippen LogP contribution is -2.06. The number of rotatable bonds is 5. The smallest absolute Gasteiger partial charge is 0.180 e. The lowest BCUT2D eigenvalue weighted by molar-refractivity contribution is 0.898. The van der Waals surface area contributed by atoms with Gasteiger partial charge in [-0.15, -0.1) is 5.10 Å². The minimum atomic E-state index is 0.472. The summed E-state index contributed by atoms with van der Waals surface area (Å²) in [5.41, 5.74) is 6.52. The summed E-state index contributed by atoms with van der Waals surface area (Å²) >= 11 is 13.2. The number of nitrogens with zero attached hydrogens (tertiary/aromatic N) is 2. The van der Waals surface area contributed by atoms with Gasteiger partial charge in [0.2, 0.25) is 0 Å². The van der Waals surface area contributed by atoms with Gasteiger partial charge in [0.05, 0.1) is 16.3 Å². The number of nitrogens with two attached hydrogens (primary N) is 1. The molecule has 0 spiro atoms. The number of hydrogen-bond acceptors (Lipinski definition) is 3. The highest BCUT2D eigenvalue weighted by Crippen LogP contribution is 2.21. The van der Waals surface area contributed by atoms with Gasteiger partial charge in [-0.25, -0.2) is 0 Å². The summed E-state index contributed by atoms with van der Waals surface area (Å²) in [6, 6.07) is 5.26. The first-order valence-corrected chi connectivity index (χ1v) is 7.32. The van der Waals surface area contributed by atoms with Crippen LogP contribution in [0.5, 0.6) is 0 Å². The number of amidine groups is 1. The molecule has 0 heterocycles. The zero-order valence-corrected chi connectivity index (χ0v) is 12.4. The topological polar surface area (TPSA) is 50.7 Å². The Balaban J connectivity index is 2.53. The second-order valence-corrected chi connectivity index (χ2v) is 5.49. The Morgan fingerprint density at radius 2 is 2.17 bits per heavy atom. The monoisotopic (exact) mass is 303 g/mol. The maximum atomic E-state index is 5.88. The first-order chi connectivity index (χ1) is 8.63. The van der Waals surface area contributed by atoms with E-state index in [1.807, 2.05) is 6.07 Å². The van der Waals surface area contributed by atoms with E-state index in [4.69, 9.17) is 28.9 Å². The Bertz CT molecular complexity index is 447. The van der Waals surface area contributed by atoms with Crippen molar-refractivity contribution in [3.63, 3.8) is 0 Å². The minimum Gasteiger partial charge on any atom is -0.377 e. The Hall–Kier alpha value is -0.710. The van der Waals surface area contributed by atoms with Gasteiger partial charge in [0.15, 0.2) is 5.17 Å². The van der Waals surface area contributed by atoms with Crippen molar-refractivity contribution in [2.45, 2.75) is 19.8 Å². The summed E-state index contributed by atoms with van der Waals surface area (Å²) in [6.45, 7) is 2.14. The van der Waals surface area contributed by atoms with Gasteiger partial charge in [-0.2, -0.15) is 5.10 Å². The minimum absolute atomic E-state index is 0.472. The molecule has 0 amide bonds. The molecule has 0 aliphatic rings. The molecule has 0 unspecified atom stereocenters. The van der Waals surface area contributed by atoms with Crippen molar-refractivity contribution in [3.05, 3.63) is 33.8 Å². The van der Waals surface area contributed by atoms with Gasteiger partial charge in [0.1, 0.15) is 0 Å². The van der Waals surface area contributed by atoms with Gasteiger partial charge in [-0.05, 0) is 24.1 Å². The van der Waals surface area contributed by atoms with E-state index in [1.165, 1.54) is 11.8 Å². The van der Waals surface area contributed by atoms with Crippen LogP contribution in [0.3, 0.4) is 0 Å². The van der Waals surface area contributed by atoms with Crippen LogP contribution in [0, 0.1) is 0 Å². The van der Waals surface area contributed by atoms with E-state index >= 15 is 0 Å². The molecule has 98 valence electrons. The number of hydrogen-bond donors (Lipinski definition) is 1. The van der Waals surface area contributed by atoms with Gasteiger partial charge in [0.25, 0.3) is 0 Å². The number of unbranched alkanes of at least 4 members (excludes halogenated alkanes) is 1. The molecule has 0 fully saturated rings. The van der Waals surface area contributed by atoms with Crippen LogP contribution in [0.15, 0.2) is 28.4 Å². The van der Waals surface area contributed by atoms with E-state index in [0.29, 0.717) is 15.2 Å². The van der Waals surface area contributed by atoms with Gasteiger partial charge < -0.3 is 5.73 Å². The largest absolute Gasteiger partial charge is 0.377 e. The molecule has 0 aliphatic heterocycles. The van der Waals surface area contributed by atoms with Crippen LogP contribution in [-0.4, -0.2) is 17.1 Å². The van der Waals surface area contributed by atoms with E-state index in [2.05, 4.69) is 17.1 Å². The summed E-state index contributed by atoms with van der Waals surface area (Å²) < 4.78 is 0. The average molecular weight is 304 g/mol. The van der Waals surface area contributed by atoms with Crippen LogP contribution in [0.4, 0.5) is 0 Å². The molecule has 0 saturated heterocycles. The van der Waals surface area contributed by atoms with E-state index < -0.39 is 0 Å². The van der Waals surface area contributed by atoms with Crippen LogP contribution in [0.25, 0.3) is 0 Å². The fraction of sp³-hybridized carbons (Fsp3) is 0.333. The van der Waals surface area contributed by atoms with Gasteiger partial charge >= 0.3 is 0 Å². The van der Waals surface area contributed by atoms with Crippen molar-refractivity contribution in [2.75, 3.05) is 5.75 Å². The van der Waals surface area contributed by atoms with Crippen molar-refractivity contribution < 1.29 is 0 Å². The van der Waals surface area contributed by atoms with Crippen LogP contribution in [0.2, 0.25) is 10.0 Å². The van der Waals surface area contributed by atoms with Crippen molar-refractivity contribution in [3.8, 4) is 0 Å². The quantitative estimate of drug-likeness (QED) is 0.384. The molecular formula is C12H15Cl2N3S. The van der Waals surface area contributed by atoms with E-state index in [1.54, 1.807) is 18.3 Å². The van der Waals surface area contributed by atoms with Crippen LogP contribution < -0.4 is 5.73 Å². The predicted molar refractivity (Wildman–Crippen MR) is 83.0 cm³/mol. The lowest BCUT2D eigenvalue weighted by atomic mass is 10.2. The van der Waals surface area contributed by atoms with Crippen LogP contribution in [-0.2, 0) is 0 Å². The van der Waals surface area contributed by atoms with Crippen LogP contribution >= 0.6 is 35.0 Å². The molecule has 0 aromatic heterocycles. The molecule has 2 N–H and O–H groups in total. The Labute approximate surface area is 121 Å². The Morgan fingerprint density at radius 3 is 2.83 bits per heavy atom. The Kier molecular flexibility index (Phi) is 7.16. The third kappa shape index (κ3) is 5.76. The maximum absolute atomic E-state index is 5.88. The van der Waals surface area contributed by atoms with Crippen molar-refractivity contribution in [1.82, 2.24) is 0 Å². The molecule has 1 aromatic rings. The average Bonchev–Trinajstić information content (AvgIpc) is 2.34. The fourth-order valence-electron chi connectivity index (χ4n) is 1.10. The maximum Gasteiger partial charge on any atom is 0.180 e. The standard InChI is InChI=1S/C12H15Cl2N3S/c1-2-3-6-18-12(15)17-16-8-9-4-5-10(13)11(14)7-9/h4-5,7-8H,2-3,6H2,1H3,(H2,15,17)/b16-8+. The van der Waals surface area contributed by atoms with E-state index in [0.717, 1.165) is 24.2 Å². The molecule has 0 saturated carbocycles. The molecule has 0 bridgehead atoms. The molecule has 18 heavy (non-hydrogen) atoms. The van der Waals surface area contributed by atoms with Crippen molar-refractivity contribution in [1.29, 1.82) is 0 Å². The number of thioether (sulfide) groups is 1. The second-order valence-electron chi connectivity index (χ2n) is 3.56. The molecular weight excluding hydrogens is 289 g/mol. The van der Waals surface area contributed by atoms with Gasteiger partial charge in [0, 0.05) is 5.75 Å². The third-order valence-electron chi connectivity index (χ3n) is 2.05. The molecule has 0 radical (unpaired) electrons. The van der Waals surface area contributed by atoms with Crippen molar-refractivity contribution in [2.24, 2.45) is 15.9 Å². The fourth-order valence-corrected chi connectivity index (χ4v) is 2.15. The highest BCUT2D eigenvalue weighted by molar-refractivity contribution is 8.13. The van der Waals surface area contributed by atoms with E-state index in [-0.39, 0.29) is 0 Å². The third-order valence-corrected chi connectivity index (χ3v) is 3.66. The normalized spacial score (nSPS) is 12.3. The SMILES string of the molecule is CCCCS/C(N)=N/N=C/c1ccc(Cl)c(Cl)c1. The first kappa shape index (κ1) is 15.3. The molecule has 1 rings (SSSR count). The predicted octanol–water partition coefficient (Wildman–Crippen LogP) is 4.18. The first-order valence-electron chi connectivity index (χ1n) is 5.58. The second kappa shape index (κ2) is 8.40. The van der Waals surface area contributed by atoms with Crippen molar-refractivity contribution >= 4 is 46.3 Å². The summed E-state index contributed by atoms with van der Waals surface area (Å²) in [5, 5.41) is 9.29. The van der Waals surface area contributed by atoms with E-state index in [9.17, 15) is 0 Å². The van der Waals surface area contributed by atoms with Gasteiger partial charge in [-0.1, -0.05) is 54.4 Å². The highest BCUT2D eigenvalue weighted by atomic mass is 35.5. The summed E-state index contributed by atoms with van der Waals surface area (Å²) in [6.07, 6.45) is 3.86. The molecule has 3 nitrogen and oxygen atoms in total. The molecule has 0 aliphatic carbocycles. The zero-order chi connectivity index (χ0) is 13.4. The number of halogens is 2.